The molecular weight excluding hydrogens is 264 g/mol. The minimum Gasteiger partial charge on any atom is -0.248 e. The summed E-state index contributed by atoms with van der Waals surface area (Å²) in [6.45, 7) is 0. The summed E-state index contributed by atoms with van der Waals surface area (Å²) in [5, 5.41) is 14.2. The first kappa shape index (κ1) is 11.6. The highest BCUT2D eigenvalue weighted by atomic mass is 35.7. The fourth-order valence-electron chi connectivity index (χ4n) is 1.18. The molecule has 86 valence electrons. The van der Waals surface area contributed by atoms with Crippen molar-refractivity contribution in [3.05, 3.63) is 29.8 Å². The molecule has 1 heterocycles. The summed E-state index contributed by atoms with van der Waals surface area (Å²) in [5.74, 6) is 0.203. The van der Waals surface area contributed by atoms with Crippen molar-refractivity contribution >= 4 is 19.7 Å². The Morgan fingerprint density at radius 2 is 1.94 bits per heavy atom. The average Bonchev–Trinajstić information content (AvgIpc) is 2.78. The first-order chi connectivity index (χ1) is 8.00. The highest BCUT2D eigenvalue weighted by molar-refractivity contribution is 8.13. The maximum Gasteiger partial charge on any atom is 0.296 e. The second-order valence-electron chi connectivity index (χ2n) is 3.09. The number of hydrogen-bond donors (Lipinski definition) is 1. The van der Waals surface area contributed by atoms with Crippen LogP contribution in [0, 0.1) is 11.3 Å². The molecule has 0 unspecified atom stereocenters. The molecular formula is C9H5ClN4O2S. The highest BCUT2D eigenvalue weighted by Gasteiger charge is 2.16. The van der Waals surface area contributed by atoms with E-state index in [9.17, 15) is 8.42 Å². The van der Waals surface area contributed by atoms with Crippen LogP contribution in [0.15, 0.2) is 29.4 Å². The van der Waals surface area contributed by atoms with Gasteiger partial charge in [0.05, 0.1) is 11.6 Å². The van der Waals surface area contributed by atoms with Gasteiger partial charge in [0, 0.05) is 16.2 Å². The Kier molecular flexibility index (Phi) is 2.83. The van der Waals surface area contributed by atoms with E-state index in [1.807, 2.05) is 6.07 Å². The molecule has 1 aromatic carbocycles. The number of aromatic nitrogens is 3. The average molecular weight is 269 g/mol. The van der Waals surface area contributed by atoms with Gasteiger partial charge in [-0.3, -0.25) is 0 Å². The van der Waals surface area contributed by atoms with E-state index in [1.54, 1.807) is 24.3 Å². The standard InChI is InChI=1S/C9H5ClN4O2S/c10-17(15,16)9-12-8(13-14-9)7-3-1-6(5-11)2-4-7/h1-4H,(H,12,13,14). The minimum absolute atomic E-state index is 0.203. The molecule has 8 heteroatoms. The summed E-state index contributed by atoms with van der Waals surface area (Å²) in [6.07, 6.45) is 0. The molecule has 2 rings (SSSR count). The van der Waals surface area contributed by atoms with Gasteiger partial charge in [-0.2, -0.15) is 15.3 Å². The Bertz CT molecular complexity index is 685. The van der Waals surface area contributed by atoms with Crippen LogP contribution in [-0.2, 0) is 9.05 Å². The van der Waals surface area contributed by atoms with E-state index in [-0.39, 0.29) is 5.82 Å². The van der Waals surface area contributed by atoms with E-state index in [1.165, 1.54) is 0 Å². The van der Waals surface area contributed by atoms with Gasteiger partial charge in [-0.15, -0.1) is 0 Å². The summed E-state index contributed by atoms with van der Waals surface area (Å²) in [5.41, 5.74) is 1.08. The van der Waals surface area contributed by atoms with Gasteiger partial charge in [0.2, 0.25) is 0 Å². The van der Waals surface area contributed by atoms with Crippen LogP contribution in [-0.4, -0.2) is 23.6 Å². The van der Waals surface area contributed by atoms with Gasteiger partial charge in [0.1, 0.15) is 0 Å². The smallest absolute Gasteiger partial charge is 0.248 e. The molecule has 0 aliphatic rings. The van der Waals surface area contributed by atoms with Gasteiger partial charge in [-0.25, -0.2) is 13.5 Å². The van der Waals surface area contributed by atoms with Crippen molar-refractivity contribution in [1.82, 2.24) is 15.2 Å². The number of aromatic amines is 1. The van der Waals surface area contributed by atoms with Crippen molar-refractivity contribution < 1.29 is 8.42 Å². The molecule has 0 aliphatic heterocycles. The number of nitrogens with one attached hydrogen (secondary N) is 1. The lowest BCUT2D eigenvalue weighted by Gasteiger charge is -1.93. The third kappa shape index (κ3) is 2.43. The van der Waals surface area contributed by atoms with Crippen LogP contribution in [0.25, 0.3) is 11.4 Å². The number of hydrogen-bond acceptors (Lipinski definition) is 5. The van der Waals surface area contributed by atoms with Crippen LogP contribution >= 0.6 is 10.7 Å². The molecule has 0 saturated heterocycles. The van der Waals surface area contributed by atoms with Gasteiger partial charge in [-0.05, 0) is 24.3 Å². The molecule has 0 amide bonds. The Labute approximate surface area is 101 Å². The molecule has 1 aromatic heterocycles. The first-order valence-corrected chi connectivity index (χ1v) is 6.69. The van der Waals surface area contributed by atoms with Crippen molar-refractivity contribution in [2.45, 2.75) is 5.16 Å². The highest BCUT2D eigenvalue weighted by Crippen LogP contribution is 2.17. The lowest BCUT2D eigenvalue weighted by molar-refractivity contribution is 0.602. The summed E-state index contributed by atoms with van der Waals surface area (Å²) < 4.78 is 21.9. The monoisotopic (exact) mass is 268 g/mol. The lowest BCUT2D eigenvalue weighted by Crippen LogP contribution is -1.92. The van der Waals surface area contributed by atoms with E-state index in [0.29, 0.717) is 11.1 Å². The van der Waals surface area contributed by atoms with Crippen LogP contribution in [0.4, 0.5) is 0 Å². The number of halogens is 1. The van der Waals surface area contributed by atoms with Gasteiger partial charge >= 0.3 is 0 Å². The normalized spacial score (nSPS) is 11.1. The fourth-order valence-corrected chi connectivity index (χ4v) is 1.74. The maximum absolute atomic E-state index is 11.0. The second-order valence-corrected chi connectivity index (χ2v) is 5.57. The van der Waals surface area contributed by atoms with Gasteiger partial charge in [0.25, 0.3) is 14.2 Å². The molecule has 1 N–H and O–H groups in total. The van der Waals surface area contributed by atoms with Gasteiger partial charge in [0.15, 0.2) is 5.82 Å². The second kappa shape index (κ2) is 4.16. The predicted molar refractivity (Wildman–Crippen MR) is 59.6 cm³/mol. The summed E-state index contributed by atoms with van der Waals surface area (Å²) in [7, 11) is 1.19. The maximum atomic E-state index is 11.0. The Morgan fingerprint density at radius 1 is 1.29 bits per heavy atom. The molecule has 0 spiro atoms. The van der Waals surface area contributed by atoms with Crippen molar-refractivity contribution in [2.24, 2.45) is 0 Å². The van der Waals surface area contributed by atoms with E-state index in [4.69, 9.17) is 15.9 Å². The zero-order valence-corrected chi connectivity index (χ0v) is 9.83. The quantitative estimate of drug-likeness (QED) is 0.827. The first-order valence-electron chi connectivity index (χ1n) is 4.38. The number of nitrogens with zero attached hydrogens (tertiary/aromatic N) is 3. The lowest BCUT2D eigenvalue weighted by atomic mass is 10.1. The summed E-state index contributed by atoms with van der Waals surface area (Å²) >= 11 is 0. The molecule has 0 atom stereocenters. The zero-order valence-electron chi connectivity index (χ0n) is 8.25. The number of rotatable bonds is 2. The van der Waals surface area contributed by atoms with Crippen molar-refractivity contribution in [2.75, 3.05) is 0 Å². The molecule has 2 aromatic rings. The van der Waals surface area contributed by atoms with Crippen LogP contribution < -0.4 is 0 Å². The largest absolute Gasteiger partial charge is 0.296 e. The zero-order chi connectivity index (χ0) is 12.5. The van der Waals surface area contributed by atoms with Gasteiger partial charge < -0.3 is 0 Å². The third-order valence-electron chi connectivity index (χ3n) is 1.97. The van der Waals surface area contributed by atoms with Crippen molar-refractivity contribution in [3.63, 3.8) is 0 Å². The van der Waals surface area contributed by atoms with E-state index in [2.05, 4.69) is 15.2 Å². The topological polar surface area (TPSA) is 99.5 Å². The number of nitriles is 1. The van der Waals surface area contributed by atoms with Crippen molar-refractivity contribution in [3.8, 4) is 17.5 Å². The summed E-state index contributed by atoms with van der Waals surface area (Å²) in [4.78, 5) is 3.74. The Hall–Kier alpha value is -1.91. The molecule has 0 aliphatic carbocycles. The van der Waals surface area contributed by atoms with E-state index < -0.39 is 14.2 Å². The third-order valence-corrected chi connectivity index (χ3v) is 3.05. The molecule has 6 nitrogen and oxygen atoms in total. The molecule has 0 saturated carbocycles. The van der Waals surface area contributed by atoms with Crippen LogP contribution in [0.5, 0.6) is 0 Å². The van der Waals surface area contributed by atoms with E-state index >= 15 is 0 Å². The van der Waals surface area contributed by atoms with Gasteiger partial charge in [-0.1, -0.05) is 0 Å². The van der Waals surface area contributed by atoms with Crippen LogP contribution in [0.2, 0.25) is 0 Å². The van der Waals surface area contributed by atoms with Crippen molar-refractivity contribution in [1.29, 1.82) is 5.26 Å². The van der Waals surface area contributed by atoms with Crippen LogP contribution in [0.1, 0.15) is 5.56 Å². The van der Waals surface area contributed by atoms with Crippen LogP contribution in [0.3, 0.4) is 0 Å². The minimum atomic E-state index is -3.91. The fraction of sp³-hybridized carbons (Fsp3) is 0. The molecule has 0 bridgehead atoms. The summed E-state index contributed by atoms with van der Waals surface area (Å²) in [6, 6.07) is 8.37. The SMILES string of the molecule is N#Cc1ccc(-c2n[nH]c(S(=O)(=O)Cl)n2)cc1. The predicted octanol–water partition coefficient (Wildman–Crippen LogP) is 1.27. The van der Waals surface area contributed by atoms with E-state index in [0.717, 1.165) is 0 Å². The molecule has 0 radical (unpaired) electrons. The number of H-pyrrole nitrogens is 1. The molecule has 17 heavy (non-hydrogen) atoms. The Morgan fingerprint density at radius 3 is 2.41 bits per heavy atom. The molecule has 0 fully saturated rings. The number of benzene rings is 1. The Balaban J connectivity index is 2.41.